The molecule has 0 aliphatic rings. The molecule has 1 aromatic carbocycles. The molecule has 0 aromatic heterocycles. The first kappa shape index (κ1) is 13.3. The molecule has 1 rings (SSSR count). The number of carbonyl (C=O) groups excluding carboxylic acids is 1. The Morgan fingerprint density at radius 1 is 1.31 bits per heavy atom. The second-order valence-electron chi connectivity index (χ2n) is 3.66. The van der Waals surface area contributed by atoms with Gasteiger partial charge in [0.15, 0.2) is 5.78 Å². The summed E-state index contributed by atoms with van der Waals surface area (Å²) in [4.78, 5) is 13.2. The molecule has 0 aliphatic heterocycles. The summed E-state index contributed by atoms with van der Waals surface area (Å²) >= 11 is 1.78. The van der Waals surface area contributed by atoms with E-state index in [2.05, 4.69) is 6.92 Å². The largest absolute Gasteiger partial charge is 0.330 e. The zero-order chi connectivity index (χ0) is 12.0. The van der Waals surface area contributed by atoms with Crippen molar-refractivity contribution >= 4 is 17.5 Å². The molecule has 0 bridgehead atoms. The van der Waals surface area contributed by atoms with Crippen molar-refractivity contribution in [2.24, 2.45) is 11.7 Å². The molecule has 88 valence electrons. The Morgan fingerprint density at radius 3 is 2.38 bits per heavy atom. The topological polar surface area (TPSA) is 43.1 Å². The molecule has 0 radical (unpaired) electrons. The van der Waals surface area contributed by atoms with Crippen LogP contribution in [-0.2, 0) is 0 Å². The van der Waals surface area contributed by atoms with Gasteiger partial charge in [-0.05, 0) is 24.3 Å². The van der Waals surface area contributed by atoms with Gasteiger partial charge in [-0.15, -0.1) is 11.8 Å². The van der Waals surface area contributed by atoms with E-state index in [0.717, 1.165) is 17.7 Å². The molecule has 2 nitrogen and oxygen atoms in total. The maximum absolute atomic E-state index is 12.0. The lowest BCUT2D eigenvalue weighted by Gasteiger charge is -2.11. The van der Waals surface area contributed by atoms with Crippen LogP contribution in [0.25, 0.3) is 0 Å². The van der Waals surface area contributed by atoms with Gasteiger partial charge < -0.3 is 5.73 Å². The van der Waals surface area contributed by atoms with Crippen molar-refractivity contribution in [1.82, 2.24) is 0 Å². The van der Waals surface area contributed by atoms with Crippen LogP contribution in [0.3, 0.4) is 0 Å². The average molecular weight is 237 g/mol. The number of carbonyl (C=O) groups is 1. The standard InChI is InChI=1S/C13H19NOS/c1-3-10(9-14)13(15)11-5-7-12(8-6-11)16-4-2/h5-8,10H,3-4,9,14H2,1-2H3. The van der Waals surface area contributed by atoms with Gasteiger partial charge in [-0.2, -0.15) is 0 Å². The first-order valence-electron chi connectivity index (χ1n) is 5.70. The van der Waals surface area contributed by atoms with Gasteiger partial charge >= 0.3 is 0 Å². The fourth-order valence-corrected chi connectivity index (χ4v) is 2.24. The predicted octanol–water partition coefficient (Wildman–Crippen LogP) is 2.97. The number of nitrogens with two attached hydrogens (primary N) is 1. The van der Waals surface area contributed by atoms with E-state index in [4.69, 9.17) is 5.73 Å². The van der Waals surface area contributed by atoms with Gasteiger partial charge in [-0.25, -0.2) is 0 Å². The molecule has 0 spiro atoms. The van der Waals surface area contributed by atoms with Crippen molar-refractivity contribution in [1.29, 1.82) is 0 Å². The molecule has 0 amide bonds. The van der Waals surface area contributed by atoms with Gasteiger partial charge in [0.1, 0.15) is 0 Å². The van der Waals surface area contributed by atoms with E-state index in [1.165, 1.54) is 4.90 Å². The number of hydrogen-bond donors (Lipinski definition) is 1. The van der Waals surface area contributed by atoms with Gasteiger partial charge in [0, 0.05) is 22.9 Å². The second kappa shape index (κ2) is 6.71. The van der Waals surface area contributed by atoms with E-state index < -0.39 is 0 Å². The number of ketones is 1. The fourth-order valence-electron chi connectivity index (χ4n) is 1.58. The normalized spacial score (nSPS) is 12.4. The van der Waals surface area contributed by atoms with Gasteiger partial charge in [0.05, 0.1) is 0 Å². The summed E-state index contributed by atoms with van der Waals surface area (Å²) in [7, 11) is 0. The minimum Gasteiger partial charge on any atom is -0.330 e. The second-order valence-corrected chi connectivity index (χ2v) is 5.00. The molecular weight excluding hydrogens is 218 g/mol. The minimum atomic E-state index is -0.0373. The smallest absolute Gasteiger partial charge is 0.167 e. The van der Waals surface area contributed by atoms with Gasteiger partial charge in [-0.3, -0.25) is 4.79 Å². The van der Waals surface area contributed by atoms with Crippen LogP contribution in [0.2, 0.25) is 0 Å². The lowest BCUT2D eigenvalue weighted by molar-refractivity contribution is 0.0921. The molecule has 1 atom stereocenters. The number of benzene rings is 1. The predicted molar refractivity (Wildman–Crippen MR) is 70.0 cm³/mol. The molecule has 16 heavy (non-hydrogen) atoms. The number of thioether (sulfide) groups is 1. The molecular formula is C13H19NOS. The molecule has 0 saturated carbocycles. The summed E-state index contributed by atoms with van der Waals surface area (Å²) in [5.41, 5.74) is 6.35. The maximum atomic E-state index is 12.0. The van der Waals surface area contributed by atoms with Crippen molar-refractivity contribution in [2.75, 3.05) is 12.3 Å². The van der Waals surface area contributed by atoms with Crippen LogP contribution in [0.5, 0.6) is 0 Å². The molecule has 1 aromatic rings. The zero-order valence-corrected chi connectivity index (χ0v) is 10.7. The van der Waals surface area contributed by atoms with Gasteiger partial charge in [0.25, 0.3) is 0 Å². The highest BCUT2D eigenvalue weighted by Gasteiger charge is 2.16. The molecule has 2 N–H and O–H groups in total. The van der Waals surface area contributed by atoms with Crippen molar-refractivity contribution in [3.05, 3.63) is 29.8 Å². The monoisotopic (exact) mass is 237 g/mol. The number of hydrogen-bond acceptors (Lipinski definition) is 3. The first-order valence-corrected chi connectivity index (χ1v) is 6.68. The summed E-state index contributed by atoms with van der Waals surface area (Å²) in [6.07, 6.45) is 0.806. The summed E-state index contributed by atoms with van der Waals surface area (Å²) in [5.74, 6) is 1.18. The van der Waals surface area contributed by atoms with E-state index in [1.54, 1.807) is 11.8 Å². The third kappa shape index (κ3) is 3.35. The lowest BCUT2D eigenvalue weighted by Crippen LogP contribution is -2.22. The molecule has 3 heteroatoms. The molecule has 0 saturated heterocycles. The Kier molecular flexibility index (Phi) is 5.56. The Balaban J connectivity index is 2.76. The van der Waals surface area contributed by atoms with Crippen molar-refractivity contribution in [2.45, 2.75) is 25.2 Å². The van der Waals surface area contributed by atoms with E-state index in [-0.39, 0.29) is 11.7 Å². The van der Waals surface area contributed by atoms with Gasteiger partial charge in [-0.1, -0.05) is 26.0 Å². The Hall–Kier alpha value is -0.800. The Morgan fingerprint density at radius 2 is 1.94 bits per heavy atom. The summed E-state index contributed by atoms with van der Waals surface area (Å²) in [6.45, 7) is 4.54. The third-order valence-corrected chi connectivity index (χ3v) is 3.49. The quantitative estimate of drug-likeness (QED) is 0.611. The van der Waals surface area contributed by atoms with Crippen molar-refractivity contribution < 1.29 is 4.79 Å². The minimum absolute atomic E-state index is 0.0373. The first-order chi connectivity index (χ1) is 7.72. The van der Waals surface area contributed by atoms with E-state index in [1.807, 2.05) is 31.2 Å². The number of rotatable bonds is 6. The van der Waals surface area contributed by atoms with Crippen LogP contribution < -0.4 is 5.73 Å². The van der Waals surface area contributed by atoms with Crippen LogP contribution in [0.15, 0.2) is 29.2 Å². The summed E-state index contributed by atoms with van der Waals surface area (Å²) < 4.78 is 0. The van der Waals surface area contributed by atoms with Crippen LogP contribution >= 0.6 is 11.8 Å². The Bertz CT molecular complexity index is 330. The third-order valence-electron chi connectivity index (χ3n) is 2.60. The highest BCUT2D eigenvalue weighted by molar-refractivity contribution is 7.99. The summed E-state index contributed by atoms with van der Waals surface area (Å²) in [5, 5.41) is 0. The molecule has 0 heterocycles. The van der Waals surface area contributed by atoms with Crippen LogP contribution in [0.1, 0.15) is 30.6 Å². The highest BCUT2D eigenvalue weighted by Crippen LogP contribution is 2.19. The van der Waals surface area contributed by atoms with Gasteiger partial charge in [0.2, 0.25) is 0 Å². The number of Topliss-reactive ketones (excluding diaryl/α,β-unsaturated/α-hetero) is 1. The summed E-state index contributed by atoms with van der Waals surface area (Å²) in [6, 6.07) is 7.81. The maximum Gasteiger partial charge on any atom is 0.167 e. The van der Waals surface area contributed by atoms with Crippen molar-refractivity contribution in [3.63, 3.8) is 0 Å². The van der Waals surface area contributed by atoms with E-state index in [0.29, 0.717) is 6.54 Å². The molecule has 0 fully saturated rings. The molecule has 0 aliphatic carbocycles. The zero-order valence-electron chi connectivity index (χ0n) is 9.90. The van der Waals surface area contributed by atoms with Crippen LogP contribution in [0, 0.1) is 5.92 Å². The van der Waals surface area contributed by atoms with Crippen LogP contribution in [-0.4, -0.2) is 18.1 Å². The van der Waals surface area contributed by atoms with E-state index in [9.17, 15) is 4.79 Å². The SMILES string of the molecule is CCSc1ccc(C(=O)C(CC)CN)cc1. The highest BCUT2D eigenvalue weighted by atomic mass is 32.2. The van der Waals surface area contributed by atoms with Crippen molar-refractivity contribution in [3.8, 4) is 0 Å². The average Bonchev–Trinajstić information content (AvgIpc) is 2.32. The van der Waals surface area contributed by atoms with Crippen LogP contribution in [0.4, 0.5) is 0 Å². The van der Waals surface area contributed by atoms with E-state index >= 15 is 0 Å². The Labute approximate surface area is 102 Å². The lowest BCUT2D eigenvalue weighted by atomic mass is 9.95. The fraction of sp³-hybridized carbons (Fsp3) is 0.462. The molecule has 1 unspecified atom stereocenters.